The summed E-state index contributed by atoms with van der Waals surface area (Å²) in [6.45, 7) is 2.05. The first-order valence-electron chi connectivity index (χ1n) is 8.04. The number of nitrogens with zero attached hydrogens (tertiary/aromatic N) is 2. The molecule has 0 atom stereocenters. The predicted molar refractivity (Wildman–Crippen MR) is 108 cm³/mol. The topological polar surface area (TPSA) is 54.9 Å². The Labute approximate surface area is 159 Å². The number of carbonyl (C=O) groups is 1. The number of rotatable bonds is 4. The minimum absolute atomic E-state index is 0.0985. The van der Waals surface area contributed by atoms with E-state index in [1.165, 1.54) is 28.4 Å². The Morgan fingerprint density at radius 1 is 0.962 bits per heavy atom. The largest absolute Gasteiger partial charge is 0.321 e. The lowest BCUT2D eigenvalue weighted by molar-refractivity contribution is 0.103. The zero-order chi connectivity index (χ0) is 17.9. The number of hydrogen-bond acceptors (Lipinski definition) is 5. The lowest BCUT2D eigenvalue weighted by Gasteiger charge is -2.07. The number of anilines is 1. The average Bonchev–Trinajstić information content (AvgIpc) is 3.35. The fourth-order valence-electron chi connectivity index (χ4n) is 2.65. The van der Waals surface area contributed by atoms with Crippen molar-refractivity contribution in [1.82, 2.24) is 9.59 Å². The van der Waals surface area contributed by atoms with Gasteiger partial charge in [0.2, 0.25) is 0 Å². The molecule has 0 fully saturated rings. The molecule has 0 saturated carbocycles. The molecule has 4 aromatic rings. The Kier molecular flexibility index (Phi) is 4.60. The summed E-state index contributed by atoms with van der Waals surface area (Å²) in [7, 11) is 0. The fourth-order valence-corrected chi connectivity index (χ4v) is 3.92. The van der Waals surface area contributed by atoms with Crippen LogP contribution in [0.5, 0.6) is 0 Å². The third-order valence-corrected chi connectivity index (χ3v) is 5.45. The quantitative estimate of drug-likeness (QED) is 0.511. The molecule has 0 unspecified atom stereocenters. The van der Waals surface area contributed by atoms with Crippen LogP contribution in [-0.4, -0.2) is 15.5 Å². The summed E-state index contributed by atoms with van der Waals surface area (Å²) < 4.78 is 3.87. The van der Waals surface area contributed by atoms with Gasteiger partial charge in [-0.1, -0.05) is 46.4 Å². The third kappa shape index (κ3) is 3.42. The molecule has 6 heteroatoms. The number of nitrogens with one attached hydrogen (secondary N) is 1. The molecule has 0 bridgehead atoms. The maximum atomic E-state index is 12.7. The Balaban J connectivity index is 1.54. The summed E-state index contributed by atoms with van der Waals surface area (Å²) in [4.78, 5) is 13.4. The molecule has 1 N–H and O–H groups in total. The molecule has 0 radical (unpaired) electrons. The van der Waals surface area contributed by atoms with Crippen LogP contribution in [-0.2, 0) is 0 Å². The monoisotopic (exact) mass is 377 g/mol. The number of hydrogen-bond donors (Lipinski definition) is 1. The normalized spacial score (nSPS) is 10.7. The highest BCUT2D eigenvalue weighted by atomic mass is 32.1. The van der Waals surface area contributed by atoms with Crippen LogP contribution >= 0.6 is 22.9 Å². The molecular formula is C20H15N3OS2. The van der Waals surface area contributed by atoms with Crippen molar-refractivity contribution >= 4 is 34.5 Å². The lowest BCUT2D eigenvalue weighted by atomic mass is 10.0. The first kappa shape index (κ1) is 16.6. The third-order valence-electron chi connectivity index (χ3n) is 4.03. The maximum absolute atomic E-state index is 12.7. The second-order valence-electron chi connectivity index (χ2n) is 5.85. The van der Waals surface area contributed by atoms with Crippen LogP contribution in [0.25, 0.3) is 22.4 Å². The first-order valence-corrected chi connectivity index (χ1v) is 9.76. The SMILES string of the molecule is Cc1ccc(-c2ccsc2C(=O)Nc2ccc(-c3csnn3)cc2)cc1. The van der Waals surface area contributed by atoms with E-state index in [4.69, 9.17) is 0 Å². The smallest absolute Gasteiger partial charge is 0.266 e. The molecule has 0 spiro atoms. The van der Waals surface area contributed by atoms with Gasteiger partial charge in [-0.3, -0.25) is 4.79 Å². The number of carbonyl (C=O) groups excluding carboxylic acids is 1. The van der Waals surface area contributed by atoms with Crippen molar-refractivity contribution in [1.29, 1.82) is 0 Å². The highest BCUT2D eigenvalue weighted by molar-refractivity contribution is 7.12. The molecule has 2 aromatic heterocycles. The molecule has 0 aliphatic heterocycles. The van der Waals surface area contributed by atoms with Crippen molar-refractivity contribution in [2.75, 3.05) is 5.32 Å². The standard InChI is InChI=1S/C20H15N3OS2/c1-13-2-4-14(5-3-13)17-10-11-25-19(17)20(24)21-16-8-6-15(7-9-16)18-12-26-23-22-18/h2-12H,1H3,(H,21,24). The molecule has 1 amide bonds. The van der Waals surface area contributed by atoms with E-state index in [0.717, 1.165) is 28.1 Å². The molecule has 0 aliphatic rings. The Morgan fingerprint density at radius 2 is 1.69 bits per heavy atom. The minimum Gasteiger partial charge on any atom is -0.321 e. The molecule has 4 rings (SSSR count). The van der Waals surface area contributed by atoms with Crippen molar-refractivity contribution in [3.8, 4) is 22.4 Å². The van der Waals surface area contributed by atoms with Crippen LogP contribution in [0.4, 0.5) is 5.69 Å². The Bertz CT molecular complexity index is 1020. The summed E-state index contributed by atoms with van der Waals surface area (Å²) in [5, 5.41) is 10.9. The van der Waals surface area contributed by atoms with Crippen LogP contribution in [0.2, 0.25) is 0 Å². The van der Waals surface area contributed by atoms with Crippen molar-refractivity contribution in [2.24, 2.45) is 0 Å². The summed E-state index contributed by atoms with van der Waals surface area (Å²) >= 11 is 2.77. The van der Waals surface area contributed by atoms with Crippen LogP contribution in [0.3, 0.4) is 0 Å². The summed E-state index contributed by atoms with van der Waals surface area (Å²) in [5.74, 6) is -0.0985. The van der Waals surface area contributed by atoms with Crippen LogP contribution in [0.1, 0.15) is 15.2 Å². The average molecular weight is 377 g/mol. The number of thiophene rings is 1. The zero-order valence-electron chi connectivity index (χ0n) is 14.0. The molecular weight excluding hydrogens is 362 g/mol. The number of amides is 1. The second-order valence-corrected chi connectivity index (χ2v) is 7.38. The van der Waals surface area contributed by atoms with Gasteiger partial charge in [0, 0.05) is 22.2 Å². The van der Waals surface area contributed by atoms with E-state index in [-0.39, 0.29) is 5.91 Å². The van der Waals surface area contributed by atoms with Crippen molar-refractivity contribution in [3.05, 3.63) is 75.8 Å². The summed E-state index contributed by atoms with van der Waals surface area (Å²) in [6.07, 6.45) is 0. The molecule has 128 valence electrons. The minimum atomic E-state index is -0.0985. The van der Waals surface area contributed by atoms with Gasteiger partial charge in [-0.25, -0.2) is 0 Å². The summed E-state index contributed by atoms with van der Waals surface area (Å²) in [6, 6.07) is 17.8. The lowest BCUT2D eigenvalue weighted by Crippen LogP contribution is -2.11. The van der Waals surface area contributed by atoms with Crippen molar-refractivity contribution in [2.45, 2.75) is 6.92 Å². The van der Waals surface area contributed by atoms with Gasteiger partial charge in [0.15, 0.2) is 0 Å². The first-order chi connectivity index (χ1) is 12.7. The number of aryl methyl sites for hydroxylation is 1. The van der Waals surface area contributed by atoms with E-state index >= 15 is 0 Å². The van der Waals surface area contributed by atoms with Gasteiger partial charge in [-0.05, 0) is 47.6 Å². The molecule has 0 saturated heterocycles. The van der Waals surface area contributed by atoms with Crippen LogP contribution < -0.4 is 5.32 Å². The predicted octanol–water partition coefficient (Wildman–Crippen LogP) is 5.49. The molecule has 2 aromatic carbocycles. The van der Waals surface area contributed by atoms with E-state index in [1.807, 2.05) is 53.2 Å². The second kappa shape index (κ2) is 7.19. The van der Waals surface area contributed by atoms with Gasteiger partial charge in [0.05, 0.1) is 4.88 Å². The van der Waals surface area contributed by atoms with E-state index in [0.29, 0.717) is 4.88 Å². The van der Waals surface area contributed by atoms with Crippen molar-refractivity contribution < 1.29 is 4.79 Å². The highest BCUT2D eigenvalue weighted by Gasteiger charge is 2.15. The molecule has 4 nitrogen and oxygen atoms in total. The molecule has 2 heterocycles. The highest BCUT2D eigenvalue weighted by Crippen LogP contribution is 2.29. The van der Waals surface area contributed by atoms with Gasteiger partial charge >= 0.3 is 0 Å². The van der Waals surface area contributed by atoms with E-state index in [2.05, 4.69) is 34.0 Å². The van der Waals surface area contributed by atoms with Gasteiger partial charge < -0.3 is 5.32 Å². The zero-order valence-corrected chi connectivity index (χ0v) is 15.6. The van der Waals surface area contributed by atoms with Crippen LogP contribution in [0.15, 0.2) is 65.4 Å². The van der Waals surface area contributed by atoms with E-state index in [9.17, 15) is 4.79 Å². The van der Waals surface area contributed by atoms with Gasteiger partial charge in [-0.2, -0.15) is 0 Å². The Hall–Kier alpha value is -2.83. The molecule has 26 heavy (non-hydrogen) atoms. The van der Waals surface area contributed by atoms with Gasteiger partial charge in [0.25, 0.3) is 5.91 Å². The van der Waals surface area contributed by atoms with Gasteiger partial charge in [0.1, 0.15) is 5.69 Å². The van der Waals surface area contributed by atoms with Crippen LogP contribution in [0, 0.1) is 6.92 Å². The fraction of sp³-hybridized carbons (Fsp3) is 0.0500. The molecule has 0 aliphatic carbocycles. The van der Waals surface area contributed by atoms with Crippen molar-refractivity contribution in [3.63, 3.8) is 0 Å². The number of benzene rings is 2. The van der Waals surface area contributed by atoms with E-state index in [1.54, 1.807) is 0 Å². The van der Waals surface area contributed by atoms with E-state index < -0.39 is 0 Å². The number of aromatic nitrogens is 2. The Morgan fingerprint density at radius 3 is 2.38 bits per heavy atom. The maximum Gasteiger partial charge on any atom is 0.266 e. The summed E-state index contributed by atoms with van der Waals surface area (Å²) in [5.41, 5.74) is 5.78. The van der Waals surface area contributed by atoms with Gasteiger partial charge in [-0.15, -0.1) is 16.4 Å².